The first-order valence-electron chi connectivity index (χ1n) is 7.23. The predicted octanol–water partition coefficient (Wildman–Crippen LogP) is 3.50. The van der Waals surface area contributed by atoms with E-state index in [2.05, 4.69) is 0 Å². The lowest BCUT2D eigenvalue weighted by Crippen LogP contribution is -2.25. The van der Waals surface area contributed by atoms with E-state index in [0.717, 1.165) is 0 Å². The van der Waals surface area contributed by atoms with Gasteiger partial charge in [0.05, 0.1) is 23.4 Å². The molecular formula is C16H28O4. The Morgan fingerprint density at radius 3 is 1.00 bits per heavy atom. The van der Waals surface area contributed by atoms with Crippen molar-refractivity contribution in [3.05, 3.63) is 11.1 Å². The van der Waals surface area contributed by atoms with Gasteiger partial charge in [0.25, 0.3) is 0 Å². The number of hydrogen-bond acceptors (Lipinski definition) is 4. The van der Waals surface area contributed by atoms with Crippen molar-refractivity contribution in [3.8, 4) is 0 Å². The van der Waals surface area contributed by atoms with E-state index in [1.54, 1.807) is 27.7 Å². The summed E-state index contributed by atoms with van der Waals surface area (Å²) in [7, 11) is 0. The highest BCUT2D eigenvalue weighted by Crippen LogP contribution is 2.25. The molecule has 0 fully saturated rings. The van der Waals surface area contributed by atoms with Gasteiger partial charge in [-0.2, -0.15) is 0 Å². The molecule has 0 aliphatic heterocycles. The van der Waals surface area contributed by atoms with E-state index < -0.39 is 11.9 Å². The molecule has 0 saturated heterocycles. The van der Waals surface area contributed by atoms with Gasteiger partial charge >= 0.3 is 11.9 Å². The van der Waals surface area contributed by atoms with E-state index in [4.69, 9.17) is 9.47 Å². The van der Waals surface area contributed by atoms with Crippen LogP contribution < -0.4 is 0 Å². The molecule has 0 aliphatic rings. The van der Waals surface area contributed by atoms with E-state index in [1.807, 2.05) is 27.7 Å². The van der Waals surface area contributed by atoms with Gasteiger partial charge in [-0.25, -0.2) is 9.59 Å². The van der Waals surface area contributed by atoms with Crippen molar-refractivity contribution < 1.29 is 19.1 Å². The van der Waals surface area contributed by atoms with Crippen LogP contribution in [0.3, 0.4) is 0 Å². The van der Waals surface area contributed by atoms with Crippen LogP contribution in [0.1, 0.15) is 55.4 Å². The van der Waals surface area contributed by atoms with Crippen molar-refractivity contribution >= 4 is 11.9 Å². The summed E-state index contributed by atoms with van der Waals surface area (Å²) in [6.07, 6.45) is -0.434. The molecule has 4 nitrogen and oxygen atoms in total. The topological polar surface area (TPSA) is 52.6 Å². The van der Waals surface area contributed by atoms with Gasteiger partial charge in [0.2, 0.25) is 0 Å². The molecule has 0 aliphatic carbocycles. The van der Waals surface area contributed by atoms with Crippen LogP contribution in [0, 0.1) is 11.8 Å². The second kappa shape index (κ2) is 8.08. The highest BCUT2D eigenvalue weighted by Gasteiger charge is 2.28. The Hall–Kier alpha value is -1.32. The number of carbonyl (C=O) groups excluding carboxylic acids is 2. The summed E-state index contributed by atoms with van der Waals surface area (Å²) in [4.78, 5) is 24.5. The van der Waals surface area contributed by atoms with Gasteiger partial charge in [-0.15, -0.1) is 0 Å². The number of rotatable bonds is 6. The second-order valence-corrected chi connectivity index (χ2v) is 6.04. The molecule has 20 heavy (non-hydrogen) atoms. The van der Waals surface area contributed by atoms with Gasteiger partial charge in [0.15, 0.2) is 0 Å². The summed E-state index contributed by atoms with van der Waals surface area (Å²) < 4.78 is 10.5. The summed E-state index contributed by atoms with van der Waals surface area (Å²) >= 11 is 0. The first-order valence-corrected chi connectivity index (χ1v) is 7.23. The fourth-order valence-corrected chi connectivity index (χ4v) is 1.87. The molecule has 0 N–H and O–H groups in total. The highest BCUT2D eigenvalue weighted by atomic mass is 16.5. The third-order valence-corrected chi connectivity index (χ3v) is 2.57. The minimum atomic E-state index is -0.431. The van der Waals surface area contributed by atoms with E-state index in [-0.39, 0.29) is 24.0 Å². The van der Waals surface area contributed by atoms with Crippen molar-refractivity contribution in [2.75, 3.05) is 0 Å². The van der Waals surface area contributed by atoms with Crippen LogP contribution in [0.15, 0.2) is 11.1 Å². The smallest absolute Gasteiger partial charge is 0.335 e. The standard InChI is InChI=1S/C16H28O4/c1-9(2)13(15(17)19-11(5)6)14(10(3)4)16(18)20-12(7)8/h9-12H,1-8H3. The van der Waals surface area contributed by atoms with Crippen molar-refractivity contribution in [2.24, 2.45) is 11.8 Å². The minimum absolute atomic E-state index is 0.0987. The number of hydrogen-bond donors (Lipinski definition) is 0. The molecular weight excluding hydrogens is 256 g/mol. The molecule has 0 unspecified atom stereocenters. The van der Waals surface area contributed by atoms with Gasteiger partial charge < -0.3 is 9.47 Å². The Kier molecular flexibility index (Phi) is 7.54. The highest BCUT2D eigenvalue weighted by molar-refractivity contribution is 6.01. The van der Waals surface area contributed by atoms with Crippen LogP contribution >= 0.6 is 0 Å². The van der Waals surface area contributed by atoms with Crippen molar-refractivity contribution in [2.45, 2.75) is 67.6 Å². The summed E-state index contributed by atoms with van der Waals surface area (Å²) in [5.41, 5.74) is 0.832. The lowest BCUT2D eigenvalue weighted by atomic mass is 9.90. The van der Waals surface area contributed by atoms with Gasteiger partial charge in [0, 0.05) is 0 Å². The molecule has 0 saturated carbocycles. The average molecular weight is 284 g/mol. The Morgan fingerprint density at radius 1 is 0.600 bits per heavy atom. The summed E-state index contributed by atoms with van der Waals surface area (Å²) in [5.74, 6) is -1.06. The summed E-state index contributed by atoms with van der Waals surface area (Å²) in [6.45, 7) is 14.7. The quantitative estimate of drug-likeness (QED) is 0.553. The van der Waals surface area contributed by atoms with Crippen molar-refractivity contribution in [3.63, 3.8) is 0 Å². The molecule has 0 amide bonds. The summed E-state index contributed by atoms with van der Waals surface area (Å²) in [6, 6.07) is 0. The average Bonchev–Trinajstić information content (AvgIpc) is 2.21. The van der Waals surface area contributed by atoms with E-state index in [9.17, 15) is 9.59 Å². The van der Waals surface area contributed by atoms with Gasteiger partial charge in [0.1, 0.15) is 0 Å². The molecule has 4 heteroatoms. The normalized spacial score (nSPS) is 13.0. The van der Waals surface area contributed by atoms with Crippen molar-refractivity contribution in [1.82, 2.24) is 0 Å². The molecule has 0 radical (unpaired) electrons. The zero-order valence-corrected chi connectivity index (χ0v) is 13.9. The molecule has 0 rings (SSSR count). The molecule has 0 aromatic heterocycles. The largest absolute Gasteiger partial charge is 0.460 e. The first-order chi connectivity index (χ1) is 9.07. The molecule has 0 spiro atoms. The van der Waals surface area contributed by atoms with Crippen LogP contribution in [0.4, 0.5) is 0 Å². The number of carbonyl (C=O) groups is 2. The minimum Gasteiger partial charge on any atom is -0.460 e. The molecule has 0 heterocycles. The monoisotopic (exact) mass is 284 g/mol. The molecule has 0 aromatic rings. The Bertz CT molecular complexity index is 340. The van der Waals surface area contributed by atoms with Crippen LogP contribution in [0.25, 0.3) is 0 Å². The summed E-state index contributed by atoms with van der Waals surface area (Å²) in [5, 5.41) is 0. The van der Waals surface area contributed by atoms with Crippen LogP contribution in [-0.4, -0.2) is 24.1 Å². The maximum Gasteiger partial charge on any atom is 0.335 e. The zero-order valence-electron chi connectivity index (χ0n) is 13.9. The van der Waals surface area contributed by atoms with E-state index in [0.29, 0.717) is 11.1 Å². The van der Waals surface area contributed by atoms with Crippen molar-refractivity contribution in [1.29, 1.82) is 0 Å². The van der Waals surface area contributed by atoms with Crippen LogP contribution in [0.5, 0.6) is 0 Å². The number of ether oxygens (including phenoxy) is 2. The third-order valence-electron chi connectivity index (χ3n) is 2.57. The predicted molar refractivity (Wildman–Crippen MR) is 79.2 cm³/mol. The first kappa shape index (κ1) is 18.7. The SMILES string of the molecule is CC(C)OC(=O)C(=C(C(=O)OC(C)C)C(C)C)C(C)C. The van der Waals surface area contributed by atoms with Gasteiger partial charge in [-0.1, -0.05) is 27.7 Å². The van der Waals surface area contributed by atoms with Gasteiger partial charge in [-0.05, 0) is 39.5 Å². The third kappa shape index (κ3) is 5.76. The van der Waals surface area contributed by atoms with E-state index in [1.165, 1.54) is 0 Å². The van der Waals surface area contributed by atoms with Crippen LogP contribution in [-0.2, 0) is 19.1 Å². The molecule has 0 aromatic carbocycles. The second-order valence-electron chi connectivity index (χ2n) is 6.04. The lowest BCUT2D eigenvalue weighted by Gasteiger charge is -2.21. The fraction of sp³-hybridized carbons (Fsp3) is 0.750. The maximum absolute atomic E-state index is 12.2. The fourth-order valence-electron chi connectivity index (χ4n) is 1.87. The Labute approximate surface area is 122 Å². The van der Waals surface area contributed by atoms with E-state index >= 15 is 0 Å². The Balaban J connectivity index is 5.68. The van der Waals surface area contributed by atoms with Crippen LogP contribution in [0.2, 0.25) is 0 Å². The molecule has 0 atom stereocenters. The maximum atomic E-state index is 12.2. The Morgan fingerprint density at radius 2 is 0.850 bits per heavy atom. The molecule has 0 bridgehead atoms. The number of esters is 2. The molecule has 116 valence electrons. The van der Waals surface area contributed by atoms with Gasteiger partial charge in [-0.3, -0.25) is 0 Å². The zero-order chi connectivity index (χ0) is 16.0. The lowest BCUT2D eigenvalue weighted by molar-refractivity contribution is -0.147.